The molecule has 2 N–H and O–H groups in total. The Kier molecular flexibility index (Phi) is 6.32. The quantitative estimate of drug-likeness (QED) is 0.784. The molecule has 0 unspecified atom stereocenters. The lowest BCUT2D eigenvalue weighted by molar-refractivity contribution is -0.136. The zero-order chi connectivity index (χ0) is 22.1. The Labute approximate surface area is 183 Å². The Morgan fingerprint density at radius 1 is 1.16 bits per heavy atom. The molecule has 1 aromatic carbocycles. The van der Waals surface area contributed by atoms with E-state index in [4.69, 9.17) is 0 Å². The van der Waals surface area contributed by atoms with Crippen molar-refractivity contribution in [3.8, 4) is 0 Å². The molecule has 4 rings (SSSR count). The number of aromatic nitrogens is 1. The second-order valence-electron chi connectivity index (χ2n) is 9.34. The van der Waals surface area contributed by atoms with E-state index in [1.165, 1.54) is 6.07 Å². The summed E-state index contributed by atoms with van der Waals surface area (Å²) in [4.78, 5) is 32.6. The minimum Gasteiger partial charge on any atom is -0.350 e. The molecule has 1 aliphatic carbocycles. The van der Waals surface area contributed by atoms with Crippen molar-refractivity contribution in [2.45, 2.75) is 58.5 Å². The maximum Gasteiger partial charge on any atom is 0.267 e. The molecule has 2 aromatic rings. The number of nitrogens with zero attached hydrogens (tertiary/aromatic N) is 2. The topological polar surface area (TPSA) is 68.4 Å². The van der Waals surface area contributed by atoms with Gasteiger partial charge >= 0.3 is 0 Å². The highest BCUT2D eigenvalue weighted by Crippen LogP contribution is 2.26. The smallest absolute Gasteiger partial charge is 0.267 e. The first-order valence-electron chi connectivity index (χ1n) is 11.4. The number of amides is 2. The summed E-state index contributed by atoms with van der Waals surface area (Å²) in [6.07, 6.45) is 4.07. The van der Waals surface area contributed by atoms with Crippen LogP contribution in [0.4, 0.5) is 4.39 Å². The number of hydrogen-bond donors (Lipinski definition) is 2. The van der Waals surface area contributed by atoms with Crippen LogP contribution >= 0.6 is 0 Å². The third kappa shape index (κ3) is 4.61. The van der Waals surface area contributed by atoms with E-state index in [0.717, 1.165) is 57.4 Å². The number of halogens is 1. The molecular weight excluding hydrogens is 395 g/mol. The average molecular weight is 429 g/mol. The van der Waals surface area contributed by atoms with Crippen LogP contribution < -0.4 is 5.32 Å². The summed E-state index contributed by atoms with van der Waals surface area (Å²) in [6, 6.07) is 5.30. The Balaban J connectivity index is 1.35. The molecular formula is C24H33FN4O2. The van der Waals surface area contributed by atoms with E-state index in [2.05, 4.69) is 15.2 Å². The van der Waals surface area contributed by atoms with Gasteiger partial charge in [0.1, 0.15) is 11.5 Å². The maximum absolute atomic E-state index is 14.1. The molecule has 1 saturated heterocycles. The van der Waals surface area contributed by atoms with E-state index >= 15 is 0 Å². The van der Waals surface area contributed by atoms with Crippen LogP contribution in [0.25, 0.3) is 10.9 Å². The average Bonchev–Trinajstić information content (AvgIpc) is 3.23. The molecule has 1 saturated carbocycles. The molecule has 1 aromatic heterocycles. The first-order valence-corrected chi connectivity index (χ1v) is 11.4. The van der Waals surface area contributed by atoms with Crippen molar-refractivity contribution in [3.63, 3.8) is 0 Å². The van der Waals surface area contributed by atoms with E-state index in [1.807, 2.05) is 25.7 Å². The minimum absolute atomic E-state index is 0.0442. The number of nitrogens with one attached hydrogen (secondary N) is 2. The number of piperazine rings is 1. The molecule has 2 heterocycles. The number of rotatable bonds is 4. The van der Waals surface area contributed by atoms with Crippen LogP contribution in [0, 0.1) is 18.7 Å². The summed E-state index contributed by atoms with van der Waals surface area (Å²) >= 11 is 0. The Hall–Kier alpha value is -2.41. The van der Waals surface area contributed by atoms with Crippen LogP contribution in [-0.2, 0) is 4.79 Å². The molecule has 2 atom stereocenters. The van der Waals surface area contributed by atoms with Gasteiger partial charge in [-0.25, -0.2) is 4.39 Å². The van der Waals surface area contributed by atoms with Crippen LogP contribution in [0.1, 0.15) is 55.6 Å². The van der Waals surface area contributed by atoms with E-state index in [9.17, 15) is 14.0 Å². The van der Waals surface area contributed by atoms with Gasteiger partial charge in [-0.3, -0.25) is 14.5 Å². The lowest BCUT2D eigenvalue weighted by Gasteiger charge is -2.42. The third-order valence-electron chi connectivity index (χ3n) is 6.81. The van der Waals surface area contributed by atoms with Crippen LogP contribution in [-0.4, -0.2) is 64.9 Å². The van der Waals surface area contributed by atoms with Gasteiger partial charge in [0.15, 0.2) is 0 Å². The molecule has 0 radical (unpaired) electrons. The zero-order valence-corrected chi connectivity index (χ0v) is 18.7. The maximum atomic E-state index is 14.1. The monoisotopic (exact) mass is 428 g/mol. The zero-order valence-electron chi connectivity index (χ0n) is 18.7. The summed E-state index contributed by atoms with van der Waals surface area (Å²) < 4.78 is 14.1. The number of benzene rings is 1. The number of hydrogen-bond acceptors (Lipinski definition) is 3. The lowest BCUT2D eigenvalue weighted by atomic mass is 9.89. The van der Waals surface area contributed by atoms with E-state index in [0.29, 0.717) is 22.6 Å². The lowest BCUT2D eigenvalue weighted by Crippen LogP contribution is -2.54. The van der Waals surface area contributed by atoms with Gasteiger partial charge in [-0.2, -0.15) is 0 Å². The van der Waals surface area contributed by atoms with Crippen molar-refractivity contribution in [3.05, 3.63) is 35.3 Å². The predicted octanol–water partition coefficient (Wildman–Crippen LogP) is 3.46. The van der Waals surface area contributed by atoms with Crippen molar-refractivity contribution < 1.29 is 14.0 Å². The molecule has 2 amide bonds. The standard InChI is InChI=1S/C24H33FN4O2/c1-15(2)24(31)29-11-9-28(10-12-29)18-6-4-5-17(13-18)26-23(30)21-14-19-20(25)8-7-16(3)22(19)27-21/h7-8,14-15,17-18,27H,4-6,9-13H2,1-3H3,(H,26,30)/t17-,18-/m1/s1. The van der Waals surface area contributed by atoms with Crippen molar-refractivity contribution in [2.24, 2.45) is 5.92 Å². The summed E-state index contributed by atoms with van der Waals surface area (Å²) in [7, 11) is 0. The summed E-state index contributed by atoms with van der Waals surface area (Å²) in [5, 5.41) is 3.62. The second-order valence-corrected chi connectivity index (χ2v) is 9.34. The van der Waals surface area contributed by atoms with Gasteiger partial charge in [0.05, 0.1) is 5.52 Å². The molecule has 1 aliphatic heterocycles. The van der Waals surface area contributed by atoms with Gasteiger partial charge in [0.25, 0.3) is 5.91 Å². The van der Waals surface area contributed by atoms with Gasteiger partial charge in [-0.05, 0) is 50.3 Å². The van der Waals surface area contributed by atoms with E-state index in [1.54, 1.807) is 12.1 Å². The highest BCUT2D eigenvalue weighted by atomic mass is 19.1. The Morgan fingerprint density at radius 2 is 1.90 bits per heavy atom. The van der Waals surface area contributed by atoms with Crippen molar-refractivity contribution in [1.82, 2.24) is 20.1 Å². The molecule has 6 nitrogen and oxygen atoms in total. The van der Waals surface area contributed by atoms with Gasteiger partial charge in [0.2, 0.25) is 5.91 Å². The first kappa shape index (κ1) is 21.8. The molecule has 0 spiro atoms. The third-order valence-corrected chi connectivity index (χ3v) is 6.81. The highest BCUT2D eigenvalue weighted by Gasteiger charge is 2.31. The second kappa shape index (κ2) is 8.99. The van der Waals surface area contributed by atoms with Gasteiger partial charge in [-0.1, -0.05) is 19.9 Å². The number of carbonyl (C=O) groups excluding carboxylic acids is 2. The number of aromatic amines is 1. The fourth-order valence-electron chi connectivity index (χ4n) is 5.01. The van der Waals surface area contributed by atoms with Crippen LogP contribution in [0.3, 0.4) is 0 Å². The summed E-state index contributed by atoms with van der Waals surface area (Å²) in [5.74, 6) is -0.210. The SMILES string of the molecule is Cc1ccc(F)c2cc(C(=O)N[C@@H]3CCC[C@@H](N4CCN(C(=O)C(C)C)CC4)C3)[nH]c12. The molecule has 31 heavy (non-hydrogen) atoms. The molecule has 168 valence electrons. The first-order chi connectivity index (χ1) is 14.8. The summed E-state index contributed by atoms with van der Waals surface area (Å²) in [6.45, 7) is 9.15. The number of aryl methyl sites for hydroxylation is 1. The van der Waals surface area contributed by atoms with Crippen molar-refractivity contribution in [1.29, 1.82) is 0 Å². The van der Waals surface area contributed by atoms with E-state index in [-0.39, 0.29) is 29.6 Å². The predicted molar refractivity (Wildman–Crippen MR) is 119 cm³/mol. The normalized spacial score (nSPS) is 22.8. The largest absolute Gasteiger partial charge is 0.350 e. The number of fused-ring (bicyclic) bond motifs is 1. The summed E-state index contributed by atoms with van der Waals surface area (Å²) in [5.41, 5.74) is 2.01. The Morgan fingerprint density at radius 3 is 2.58 bits per heavy atom. The Bertz CT molecular complexity index is 923. The van der Waals surface area contributed by atoms with Gasteiger partial charge in [0, 0.05) is 49.6 Å². The van der Waals surface area contributed by atoms with Crippen LogP contribution in [0.15, 0.2) is 18.2 Å². The minimum atomic E-state index is -0.316. The highest BCUT2D eigenvalue weighted by molar-refractivity contribution is 5.99. The van der Waals surface area contributed by atoms with Gasteiger partial charge < -0.3 is 15.2 Å². The van der Waals surface area contributed by atoms with Crippen molar-refractivity contribution >= 4 is 22.7 Å². The van der Waals surface area contributed by atoms with Gasteiger partial charge in [-0.15, -0.1) is 0 Å². The van der Waals surface area contributed by atoms with Crippen LogP contribution in [0.5, 0.6) is 0 Å². The fourth-order valence-corrected chi connectivity index (χ4v) is 5.01. The molecule has 2 fully saturated rings. The number of carbonyl (C=O) groups is 2. The molecule has 2 aliphatic rings. The van der Waals surface area contributed by atoms with Crippen molar-refractivity contribution in [2.75, 3.05) is 26.2 Å². The number of H-pyrrole nitrogens is 1. The molecule has 0 bridgehead atoms. The fraction of sp³-hybridized carbons (Fsp3) is 0.583. The molecule has 7 heteroatoms. The van der Waals surface area contributed by atoms with E-state index < -0.39 is 0 Å². The van der Waals surface area contributed by atoms with Crippen LogP contribution in [0.2, 0.25) is 0 Å².